The van der Waals surface area contributed by atoms with Crippen molar-refractivity contribution in [2.75, 3.05) is 39.5 Å². The molecule has 1 fully saturated rings. The van der Waals surface area contributed by atoms with Crippen LogP contribution in [-0.4, -0.2) is 64.2 Å². The molecule has 2 aromatic heterocycles. The minimum Gasteiger partial charge on any atom is -0.475 e. The summed E-state index contributed by atoms with van der Waals surface area (Å²) in [5.74, 6) is 1.26. The molecule has 0 saturated carbocycles. The first kappa shape index (κ1) is 16.4. The van der Waals surface area contributed by atoms with Gasteiger partial charge in [0.15, 0.2) is 11.5 Å². The van der Waals surface area contributed by atoms with E-state index in [-0.39, 0.29) is 0 Å². The van der Waals surface area contributed by atoms with Crippen molar-refractivity contribution >= 4 is 21.6 Å². The largest absolute Gasteiger partial charge is 0.475 e. The molecule has 1 saturated heterocycles. The fraction of sp³-hybridized carbons (Fsp3) is 0.353. The van der Waals surface area contributed by atoms with Gasteiger partial charge in [0.05, 0.1) is 13.2 Å². The molecule has 8 heteroatoms. The zero-order valence-electron chi connectivity index (χ0n) is 13.6. The van der Waals surface area contributed by atoms with Gasteiger partial charge in [0.1, 0.15) is 6.61 Å². The van der Waals surface area contributed by atoms with E-state index in [9.17, 15) is 0 Å². The smallest absolute Gasteiger partial charge is 0.231 e. The third-order valence-corrected chi connectivity index (χ3v) is 4.63. The normalized spacial score (nSPS) is 15.6. The minimum absolute atomic E-state index is 0.568. The fourth-order valence-corrected chi connectivity index (χ4v) is 3.00. The van der Waals surface area contributed by atoms with Gasteiger partial charge in [0.25, 0.3) is 0 Å². The van der Waals surface area contributed by atoms with Crippen LogP contribution in [0.25, 0.3) is 17.0 Å². The maximum Gasteiger partial charge on any atom is 0.231 e. The van der Waals surface area contributed by atoms with Crippen molar-refractivity contribution in [3.8, 4) is 17.3 Å². The lowest BCUT2D eigenvalue weighted by molar-refractivity contribution is 0.0319. The molecule has 1 aliphatic rings. The van der Waals surface area contributed by atoms with Gasteiger partial charge in [-0.3, -0.25) is 4.90 Å². The van der Waals surface area contributed by atoms with Crippen molar-refractivity contribution in [3.05, 3.63) is 40.9 Å². The van der Waals surface area contributed by atoms with Crippen LogP contribution in [0, 0.1) is 0 Å². The van der Waals surface area contributed by atoms with Gasteiger partial charge in [-0.25, -0.2) is 0 Å². The van der Waals surface area contributed by atoms with Gasteiger partial charge in [-0.1, -0.05) is 28.1 Å². The molecule has 3 aromatic rings. The lowest BCUT2D eigenvalue weighted by Crippen LogP contribution is -2.38. The lowest BCUT2D eigenvalue weighted by atomic mass is 10.2. The average Bonchev–Trinajstić information content (AvgIpc) is 3.07. The summed E-state index contributed by atoms with van der Waals surface area (Å²) in [5, 5.41) is 13.0. The Morgan fingerprint density at radius 1 is 1.04 bits per heavy atom. The van der Waals surface area contributed by atoms with Crippen LogP contribution in [0.2, 0.25) is 0 Å². The number of nitrogens with zero attached hydrogens (tertiary/aromatic N) is 5. The quantitative estimate of drug-likeness (QED) is 0.650. The van der Waals surface area contributed by atoms with Crippen LogP contribution in [0.3, 0.4) is 0 Å². The van der Waals surface area contributed by atoms with Gasteiger partial charge in [0.2, 0.25) is 5.88 Å². The van der Waals surface area contributed by atoms with Gasteiger partial charge < -0.3 is 9.47 Å². The first-order chi connectivity index (χ1) is 12.3. The number of aromatic nitrogens is 4. The molecule has 130 valence electrons. The summed E-state index contributed by atoms with van der Waals surface area (Å²) in [6.07, 6.45) is 0. The minimum atomic E-state index is 0.568. The van der Waals surface area contributed by atoms with Gasteiger partial charge in [-0.15, -0.1) is 15.3 Å². The van der Waals surface area contributed by atoms with Crippen molar-refractivity contribution < 1.29 is 9.47 Å². The van der Waals surface area contributed by atoms with E-state index in [1.807, 2.05) is 36.4 Å². The standard InChI is InChI=1S/C17H18BrN5O2/c18-14-3-1-13(2-4-14)17-20-19-15-5-6-16(21-23(15)17)25-12-9-22-7-10-24-11-8-22/h1-6H,7-12H2. The zero-order chi connectivity index (χ0) is 17.1. The summed E-state index contributed by atoms with van der Waals surface area (Å²) >= 11 is 3.44. The van der Waals surface area contributed by atoms with Crippen molar-refractivity contribution in [1.29, 1.82) is 0 Å². The monoisotopic (exact) mass is 403 g/mol. The van der Waals surface area contributed by atoms with E-state index in [0.29, 0.717) is 24.0 Å². The molecule has 0 amide bonds. The first-order valence-corrected chi connectivity index (χ1v) is 9.00. The second-order valence-electron chi connectivity index (χ2n) is 5.77. The summed E-state index contributed by atoms with van der Waals surface area (Å²) < 4.78 is 13.9. The Balaban J connectivity index is 1.49. The van der Waals surface area contributed by atoms with Gasteiger partial charge >= 0.3 is 0 Å². The number of ether oxygens (including phenoxy) is 2. The molecular formula is C17H18BrN5O2. The van der Waals surface area contributed by atoms with Crippen LogP contribution in [0.1, 0.15) is 0 Å². The van der Waals surface area contributed by atoms with Gasteiger partial charge in [-0.2, -0.15) is 4.52 Å². The summed E-state index contributed by atoms with van der Waals surface area (Å²) in [7, 11) is 0. The Bertz CT molecular complexity index is 846. The number of fused-ring (bicyclic) bond motifs is 1. The Morgan fingerprint density at radius 2 is 1.84 bits per heavy atom. The highest BCUT2D eigenvalue weighted by Crippen LogP contribution is 2.21. The molecule has 7 nitrogen and oxygen atoms in total. The number of hydrogen-bond donors (Lipinski definition) is 0. The highest BCUT2D eigenvalue weighted by molar-refractivity contribution is 9.10. The molecule has 4 rings (SSSR count). The lowest BCUT2D eigenvalue weighted by Gasteiger charge is -2.26. The first-order valence-electron chi connectivity index (χ1n) is 8.21. The van der Waals surface area contributed by atoms with E-state index < -0.39 is 0 Å². The Labute approximate surface area is 153 Å². The van der Waals surface area contributed by atoms with E-state index in [1.54, 1.807) is 4.52 Å². The topological polar surface area (TPSA) is 64.8 Å². The number of benzene rings is 1. The highest BCUT2D eigenvalue weighted by Gasteiger charge is 2.12. The average molecular weight is 404 g/mol. The molecule has 0 spiro atoms. The van der Waals surface area contributed by atoms with Crippen LogP contribution in [0.15, 0.2) is 40.9 Å². The number of morpholine rings is 1. The molecule has 1 aliphatic heterocycles. The van der Waals surface area contributed by atoms with Crippen LogP contribution < -0.4 is 4.74 Å². The van der Waals surface area contributed by atoms with Crippen LogP contribution in [0.4, 0.5) is 0 Å². The van der Waals surface area contributed by atoms with Crippen molar-refractivity contribution in [2.24, 2.45) is 0 Å². The number of halogens is 1. The maximum atomic E-state index is 5.82. The van der Waals surface area contributed by atoms with Crippen LogP contribution in [-0.2, 0) is 4.74 Å². The second kappa shape index (κ2) is 7.47. The SMILES string of the molecule is Brc1ccc(-c2nnc3ccc(OCCN4CCOCC4)nn23)cc1. The molecule has 0 bridgehead atoms. The third-order valence-electron chi connectivity index (χ3n) is 4.10. The molecule has 0 radical (unpaired) electrons. The number of rotatable bonds is 5. The molecule has 0 N–H and O–H groups in total. The van der Waals surface area contributed by atoms with Crippen LogP contribution >= 0.6 is 15.9 Å². The second-order valence-corrected chi connectivity index (χ2v) is 6.69. The predicted molar refractivity (Wildman–Crippen MR) is 96.7 cm³/mol. The summed E-state index contributed by atoms with van der Waals surface area (Å²) in [6, 6.07) is 11.6. The van der Waals surface area contributed by atoms with E-state index in [2.05, 4.69) is 36.1 Å². The van der Waals surface area contributed by atoms with Crippen molar-refractivity contribution in [3.63, 3.8) is 0 Å². The summed E-state index contributed by atoms with van der Waals surface area (Å²) in [4.78, 5) is 2.33. The van der Waals surface area contributed by atoms with E-state index in [0.717, 1.165) is 42.9 Å². The predicted octanol–water partition coefficient (Wildman–Crippen LogP) is 2.26. The Kier molecular flexibility index (Phi) is 4.91. The van der Waals surface area contributed by atoms with Crippen molar-refractivity contribution in [1.82, 2.24) is 24.7 Å². The van der Waals surface area contributed by atoms with Gasteiger partial charge in [0, 0.05) is 35.7 Å². The Morgan fingerprint density at radius 3 is 2.64 bits per heavy atom. The number of hydrogen-bond acceptors (Lipinski definition) is 6. The van der Waals surface area contributed by atoms with Crippen LogP contribution in [0.5, 0.6) is 5.88 Å². The molecule has 3 heterocycles. The van der Waals surface area contributed by atoms with E-state index in [1.165, 1.54) is 0 Å². The zero-order valence-corrected chi connectivity index (χ0v) is 15.2. The summed E-state index contributed by atoms with van der Waals surface area (Å²) in [5.41, 5.74) is 1.65. The van der Waals surface area contributed by atoms with Gasteiger partial charge in [-0.05, 0) is 18.2 Å². The summed E-state index contributed by atoms with van der Waals surface area (Å²) in [6.45, 7) is 4.95. The molecule has 0 aliphatic carbocycles. The Hall–Kier alpha value is -2.03. The molecule has 25 heavy (non-hydrogen) atoms. The van der Waals surface area contributed by atoms with Crippen molar-refractivity contribution in [2.45, 2.75) is 0 Å². The molecule has 0 atom stereocenters. The third kappa shape index (κ3) is 3.81. The maximum absolute atomic E-state index is 5.82. The molecule has 1 aromatic carbocycles. The van der Waals surface area contributed by atoms with E-state index >= 15 is 0 Å². The molecule has 0 unspecified atom stereocenters. The highest BCUT2D eigenvalue weighted by atomic mass is 79.9. The molecular weight excluding hydrogens is 386 g/mol. The van der Waals surface area contributed by atoms with E-state index in [4.69, 9.17) is 9.47 Å². The fourth-order valence-electron chi connectivity index (χ4n) is 2.73.